The van der Waals surface area contributed by atoms with E-state index in [1.54, 1.807) is 6.66 Å². The quantitative estimate of drug-likeness (QED) is 0.0346. The van der Waals surface area contributed by atoms with Gasteiger partial charge in [-0.1, -0.05) is 0 Å². The number of nitrogens with one attached hydrogen (secondary N) is 2. The van der Waals surface area contributed by atoms with Crippen molar-refractivity contribution in [2.75, 3.05) is 114 Å². The summed E-state index contributed by atoms with van der Waals surface area (Å²) in [6.45, 7) is 6.46. The van der Waals surface area contributed by atoms with Crippen molar-refractivity contribution >= 4 is 43.9 Å². The van der Waals surface area contributed by atoms with Crippen LogP contribution in [0, 0.1) is 6.57 Å². The molecule has 0 aliphatic carbocycles. The van der Waals surface area contributed by atoms with Crippen LogP contribution in [0.5, 0.6) is 0 Å². The Labute approximate surface area is 472 Å². The van der Waals surface area contributed by atoms with E-state index < -0.39 is 165 Å². The standard InChI is InChI=1S/C13H19F3N2O5.C12H18F3N2O4P.C8H12F3NO3.C7H10F3NO3.C5H11NO2/c1-17-10(19)3-4-11(20)23-9-5-6-18(8(9)7-22-2)12(21)13(14,15)16;1-16-5-7-20-22(3)21-10-4-6-17(9(10)8-19-2)11(18)12(13,14)15;1-15-4-5-6(13)2-3-12(5)7(14)8(9,10)11;8-7(9,10)6(14)11-2-1-5(13)4(11)3-12;7-3-4-5(8)1-2-6-4/h8-9H,3-7H2,1-2H3,(H,17,19);9-10H,4-8H2,2-3H3;5-6,13H,2-4H2,1H3;4-5,12-13H,1-3H2;4-8H,1-3H2/t8-,9?;9-,10?,22?;5-,6?;2*4-,5?/m11111/s1/i2*2TD;1TD;;/t2?,8-,9?;2?,9-,10?,22?;1?,5-,6?;;m. The number of alkyl halides is 12. The van der Waals surface area contributed by atoms with Gasteiger partial charge in [-0.3, -0.25) is 28.8 Å². The lowest BCUT2D eigenvalue weighted by Gasteiger charge is -2.29. The van der Waals surface area contributed by atoms with Crippen LogP contribution in [-0.4, -0.2) is 280 Å². The average molecular weight is 1250 g/mol. The SMILES string of the molecule is O=C(N1CCC(O)[C@H]1CO)C(F)(F)F.OC[C@H]1NCCC1O.[2H]C([3H])OC[C@@H]1C(O)CCN1C(=O)C(F)(F)F.[2H]C([3H])OC[C@@H]1C(OC(=O)CCC(=O)NC)CCN1C(=O)C(F)(F)F.[2H]C([3H])OC[C@@H]1C(OP(C)OCC[N+]#[C-])CCN1C(=O)C(F)(F)F. The molecule has 5 fully saturated rings. The van der Waals surface area contributed by atoms with Gasteiger partial charge >= 0.3 is 54.3 Å². The minimum absolute atomic E-state index is 0.0243. The van der Waals surface area contributed by atoms with E-state index in [0.29, 0.717) is 19.6 Å². The maximum Gasteiger partial charge on any atom is 0.471 e. The van der Waals surface area contributed by atoms with Crippen molar-refractivity contribution in [3.8, 4) is 0 Å². The van der Waals surface area contributed by atoms with Gasteiger partial charge in [-0.05, 0) is 32.2 Å². The molecule has 37 heteroatoms. The predicted molar refractivity (Wildman–Crippen MR) is 257 cm³/mol. The van der Waals surface area contributed by atoms with E-state index in [1.807, 2.05) is 0 Å². The molecule has 0 aromatic heterocycles. The van der Waals surface area contributed by atoms with Crippen molar-refractivity contribution in [3.63, 3.8) is 0 Å². The summed E-state index contributed by atoms with van der Waals surface area (Å²) in [5.74, 6) is -9.33. The van der Waals surface area contributed by atoms with Crippen LogP contribution in [0.15, 0.2) is 0 Å². The van der Waals surface area contributed by atoms with Crippen molar-refractivity contribution in [2.45, 2.75) is 130 Å². The fourth-order valence-electron chi connectivity index (χ4n) is 8.30. The first-order chi connectivity index (χ1) is 40.7. The Morgan fingerprint density at radius 2 is 1.06 bits per heavy atom. The lowest BCUT2D eigenvalue weighted by atomic mass is 10.1. The molecular weight excluding hydrogens is 1170 g/mol. The average Bonchev–Trinajstić information content (AvgIpc) is 2.29. The second-order valence-electron chi connectivity index (χ2n) is 17.8. The zero-order valence-corrected chi connectivity index (χ0v) is 44.7. The number of likely N-dealkylation sites (tertiary alicyclic amines) is 4. The summed E-state index contributed by atoms with van der Waals surface area (Å²) in [5, 5.41) is 50.0. The number of amides is 5. The summed E-state index contributed by atoms with van der Waals surface area (Å²) in [4.78, 5) is 72.7. The van der Waals surface area contributed by atoms with Crippen LogP contribution >= 0.6 is 8.38 Å². The lowest BCUT2D eigenvalue weighted by Crippen LogP contribution is -2.48. The van der Waals surface area contributed by atoms with Crippen LogP contribution in [0.2, 0.25) is 0 Å². The number of nitrogens with zero attached hydrogens (tertiary/aromatic N) is 5. The molecule has 5 saturated heterocycles. The summed E-state index contributed by atoms with van der Waals surface area (Å²) in [6, 6.07) is -4.66. The second-order valence-corrected chi connectivity index (χ2v) is 19.2. The van der Waals surface area contributed by atoms with Crippen molar-refractivity contribution in [2.24, 2.45) is 0 Å². The van der Waals surface area contributed by atoms with E-state index in [-0.39, 0.29) is 96.6 Å². The number of rotatable bonds is 17. The second kappa shape index (κ2) is 35.7. The summed E-state index contributed by atoms with van der Waals surface area (Å²) in [7, 11) is -5.14. The molecule has 5 aliphatic heterocycles. The number of hydrogen-bond acceptors (Lipinski definition) is 18. The lowest BCUT2D eigenvalue weighted by molar-refractivity contribution is -0.188. The topological polar surface area (TPSA) is 300 Å². The summed E-state index contributed by atoms with van der Waals surface area (Å²) < 4.78 is 220. The highest BCUT2D eigenvalue weighted by atomic mass is 31.2. The molecule has 5 amide bonds. The van der Waals surface area contributed by atoms with Crippen molar-refractivity contribution in [1.29, 1.82) is 0 Å². The predicted octanol–water partition coefficient (Wildman–Crippen LogP) is 0.654. The number of ether oxygens (including phenoxy) is 4. The van der Waals surface area contributed by atoms with Gasteiger partial charge in [0.15, 0.2) is 8.38 Å². The van der Waals surface area contributed by atoms with Crippen LogP contribution in [0.3, 0.4) is 0 Å². The van der Waals surface area contributed by atoms with E-state index in [0.717, 1.165) is 13.0 Å². The zero-order chi connectivity index (χ0) is 67.7. The minimum atomic E-state index is -5.10. The van der Waals surface area contributed by atoms with E-state index in [2.05, 4.69) is 25.0 Å². The van der Waals surface area contributed by atoms with Crippen molar-refractivity contribution in [3.05, 3.63) is 11.4 Å². The molecular formula is C45H70F12N7O17P. The van der Waals surface area contributed by atoms with E-state index in [1.165, 1.54) is 7.05 Å². The highest BCUT2D eigenvalue weighted by Crippen LogP contribution is 2.40. The van der Waals surface area contributed by atoms with Crippen LogP contribution in [-0.2, 0) is 56.8 Å². The van der Waals surface area contributed by atoms with Crippen LogP contribution < -0.4 is 10.6 Å². The Kier molecular flexibility index (Phi) is 28.3. The Bertz CT molecular complexity index is 2210. The number of carbonyl (C=O) groups excluding carboxylic acids is 6. The number of halogens is 12. The molecule has 24 nitrogen and oxygen atoms in total. The van der Waals surface area contributed by atoms with Crippen molar-refractivity contribution in [1.82, 2.24) is 30.2 Å². The van der Waals surface area contributed by atoms with E-state index >= 15 is 0 Å². The zero-order valence-electron chi connectivity index (χ0n) is 49.8. The molecule has 82 heavy (non-hydrogen) atoms. The maximum atomic E-state index is 12.7. The number of hydrogen-bond donors (Lipinski definition) is 7. The van der Waals surface area contributed by atoms with Gasteiger partial charge in [0.05, 0.1) is 102 Å². The van der Waals surface area contributed by atoms with Crippen LogP contribution in [0.4, 0.5) is 52.7 Å². The Morgan fingerprint density at radius 1 is 0.646 bits per heavy atom. The minimum Gasteiger partial charge on any atom is -0.460 e. The van der Waals surface area contributed by atoms with E-state index in [9.17, 15) is 86.6 Å². The van der Waals surface area contributed by atoms with Gasteiger partial charge in [0.25, 0.3) is 0 Å². The molecule has 5 rings (SSSR count). The summed E-state index contributed by atoms with van der Waals surface area (Å²) >= 11 is 0. The van der Waals surface area contributed by atoms with Crippen LogP contribution in [0.25, 0.3) is 4.85 Å². The smallest absolute Gasteiger partial charge is 0.460 e. The summed E-state index contributed by atoms with van der Waals surface area (Å²) in [5.41, 5.74) is 0. The molecule has 14 atom stereocenters. The number of methoxy groups -OCH3 is 3. The first-order valence-corrected chi connectivity index (χ1v) is 26.0. The first kappa shape index (κ1) is 65.0. The largest absolute Gasteiger partial charge is 0.471 e. The highest BCUT2D eigenvalue weighted by molar-refractivity contribution is 7.46. The third-order valence-corrected chi connectivity index (χ3v) is 13.5. The van der Waals surface area contributed by atoms with E-state index in [4.69, 9.17) is 53.7 Å². The molecule has 0 aromatic rings. The fraction of sp³-hybridized carbons (Fsp3) is 0.844. The molecule has 7 N–H and O–H groups in total. The van der Waals surface area contributed by atoms with Gasteiger partial charge in [0.1, 0.15) is 12.7 Å². The Balaban J connectivity index is 0.000000572. The number of esters is 1. The third kappa shape index (κ3) is 24.6. The van der Waals surface area contributed by atoms with Gasteiger partial charge in [-0.25, -0.2) is 6.57 Å². The van der Waals surface area contributed by atoms with Gasteiger partial charge in [-0.15, -0.1) is 0 Å². The Hall–Kier alpha value is -4.54. The molecule has 5 aliphatic rings. The van der Waals surface area contributed by atoms with Gasteiger partial charge < -0.3 is 88.6 Å². The molecule has 0 radical (unpaired) electrons. The van der Waals surface area contributed by atoms with Gasteiger partial charge in [0, 0.05) is 73.9 Å². The molecule has 476 valence electrons. The monoisotopic (exact) mass is 1250 g/mol. The number of aliphatic hydroxyl groups excluding tert-OH is 5. The summed E-state index contributed by atoms with van der Waals surface area (Å²) in [6.07, 6.45) is -23.8. The number of carbonyl (C=O) groups is 6. The molecule has 0 bridgehead atoms. The fourth-order valence-corrected chi connectivity index (χ4v) is 9.33. The Morgan fingerprint density at radius 3 is 1.45 bits per heavy atom. The molecule has 9 unspecified atom stereocenters. The normalized spacial score (nSPS) is 27.9. The molecule has 0 spiro atoms. The molecule has 0 saturated carbocycles. The van der Waals surface area contributed by atoms with Gasteiger partial charge in [-0.2, -0.15) is 52.7 Å². The molecule has 5 heterocycles. The van der Waals surface area contributed by atoms with Gasteiger partial charge in [0.2, 0.25) is 12.5 Å². The van der Waals surface area contributed by atoms with Crippen LogP contribution in [0.1, 0.15) is 53.2 Å². The number of aliphatic hydroxyl groups is 5. The third-order valence-electron chi connectivity index (χ3n) is 12.4. The maximum absolute atomic E-state index is 12.7. The first-order valence-electron chi connectivity index (χ1n) is 27.8. The molecule has 0 aromatic carbocycles. The van der Waals surface area contributed by atoms with Crippen molar-refractivity contribution < 1.29 is 143 Å². The highest BCUT2D eigenvalue weighted by Gasteiger charge is 2.52.